The second kappa shape index (κ2) is 9.32. The van der Waals surface area contributed by atoms with Crippen LogP contribution in [0, 0.1) is 5.92 Å². The van der Waals surface area contributed by atoms with E-state index in [1.807, 2.05) is 55.6 Å². The summed E-state index contributed by atoms with van der Waals surface area (Å²) in [4.78, 5) is 19.4. The first-order chi connectivity index (χ1) is 13.5. The summed E-state index contributed by atoms with van der Waals surface area (Å²) in [6.45, 7) is 4.43. The van der Waals surface area contributed by atoms with Gasteiger partial charge in [-0.25, -0.2) is 0 Å². The van der Waals surface area contributed by atoms with Crippen LogP contribution < -0.4 is 0 Å². The molecule has 1 heterocycles. The fraction of sp³-hybridized carbons (Fsp3) is 0.280. The predicted molar refractivity (Wildman–Crippen MR) is 114 cm³/mol. The summed E-state index contributed by atoms with van der Waals surface area (Å²) in [6.07, 6.45) is 3.22. The van der Waals surface area contributed by atoms with Gasteiger partial charge in [-0.15, -0.1) is 0 Å². The Kier molecular flexibility index (Phi) is 6.59. The molecule has 1 atom stereocenters. The molecule has 1 amide bonds. The molecule has 144 valence electrons. The minimum absolute atomic E-state index is 0.0797. The highest BCUT2D eigenvalue weighted by Gasteiger charge is 2.24. The Morgan fingerprint density at radius 3 is 2.14 bits per heavy atom. The van der Waals surface area contributed by atoms with Crippen molar-refractivity contribution in [3.63, 3.8) is 0 Å². The van der Waals surface area contributed by atoms with Gasteiger partial charge in [-0.2, -0.15) is 0 Å². The van der Waals surface area contributed by atoms with Gasteiger partial charge in [0.2, 0.25) is 5.91 Å². The minimum Gasteiger partial charge on any atom is -0.333 e. The van der Waals surface area contributed by atoms with Crippen LogP contribution >= 0.6 is 0 Å². The molecule has 0 N–H and O–H groups in total. The van der Waals surface area contributed by atoms with Crippen LogP contribution in [0.4, 0.5) is 0 Å². The Morgan fingerprint density at radius 1 is 0.893 bits per heavy atom. The minimum atomic E-state index is -0.199. The molecule has 1 aromatic heterocycles. The lowest BCUT2D eigenvalue weighted by Gasteiger charge is -2.28. The number of likely N-dealkylation sites (N-methyl/N-ethyl adjacent to an activating group) is 1. The first-order valence-corrected chi connectivity index (χ1v) is 9.84. The average molecular weight is 373 g/mol. The van der Waals surface area contributed by atoms with Crippen molar-refractivity contribution in [2.45, 2.75) is 32.7 Å². The maximum absolute atomic E-state index is 13.1. The Balaban J connectivity index is 1.79. The molecule has 28 heavy (non-hydrogen) atoms. The molecule has 0 fully saturated rings. The Labute approximate surface area is 168 Å². The Morgan fingerprint density at radius 2 is 1.54 bits per heavy atom. The van der Waals surface area contributed by atoms with E-state index in [0.717, 1.165) is 23.2 Å². The van der Waals surface area contributed by atoms with Crippen molar-refractivity contribution in [2.24, 2.45) is 5.92 Å². The van der Waals surface area contributed by atoms with E-state index in [0.29, 0.717) is 12.3 Å². The van der Waals surface area contributed by atoms with Gasteiger partial charge in [0.1, 0.15) is 0 Å². The van der Waals surface area contributed by atoms with Gasteiger partial charge in [-0.05, 0) is 41.2 Å². The van der Waals surface area contributed by atoms with Gasteiger partial charge in [0, 0.05) is 13.2 Å². The van der Waals surface area contributed by atoms with Gasteiger partial charge < -0.3 is 4.90 Å². The van der Waals surface area contributed by atoms with Crippen molar-refractivity contribution in [1.29, 1.82) is 0 Å². The molecule has 0 radical (unpaired) electrons. The normalized spacial score (nSPS) is 12.0. The summed E-state index contributed by atoms with van der Waals surface area (Å²) in [5.41, 5.74) is 4.29. The number of benzene rings is 2. The SMILES string of the molecule is CC(C)Cc1ccc(CC(=O)N(C)C(c2ccccc2)c2ccccn2)cc1. The second-order valence-electron chi connectivity index (χ2n) is 7.66. The number of pyridine rings is 1. The standard InChI is InChI=1S/C25H28N2O/c1-19(2)17-20-12-14-21(15-13-20)18-24(28)27(3)25(22-9-5-4-6-10-22)23-11-7-8-16-26-23/h4-16,19,25H,17-18H2,1-3H3. The van der Waals surface area contributed by atoms with Crippen molar-refractivity contribution < 1.29 is 4.79 Å². The second-order valence-corrected chi connectivity index (χ2v) is 7.66. The summed E-state index contributed by atoms with van der Waals surface area (Å²) in [5.74, 6) is 0.708. The maximum atomic E-state index is 13.1. The van der Waals surface area contributed by atoms with Gasteiger partial charge >= 0.3 is 0 Å². The molecular weight excluding hydrogens is 344 g/mol. The fourth-order valence-electron chi connectivity index (χ4n) is 3.47. The van der Waals surface area contributed by atoms with Crippen LogP contribution in [0.2, 0.25) is 0 Å². The third kappa shape index (κ3) is 5.07. The maximum Gasteiger partial charge on any atom is 0.227 e. The molecule has 2 aromatic carbocycles. The zero-order valence-electron chi connectivity index (χ0n) is 16.9. The van der Waals surface area contributed by atoms with Crippen LogP contribution in [0.3, 0.4) is 0 Å². The zero-order chi connectivity index (χ0) is 19.9. The van der Waals surface area contributed by atoms with Crippen LogP contribution in [-0.2, 0) is 17.6 Å². The van der Waals surface area contributed by atoms with Gasteiger partial charge in [-0.1, -0.05) is 74.5 Å². The van der Waals surface area contributed by atoms with Crippen molar-refractivity contribution in [2.75, 3.05) is 7.05 Å². The Bertz CT molecular complexity index is 834. The van der Waals surface area contributed by atoms with Crippen LogP contribution in [0.5, 0.6) is 0 Å². The number of carbonyl (C=O) groups excluding carboxylic acids is 1. The van der Waals surface area contributed by atoms with Crippen molar-refractivity contribution >= 4 is 5.91 Å². The van der Waals surface area contributed by atoms with Crippen LogP contribution in [0.15, 0.2) is 79.0 Å². The summed E-state index contributed by atoms with van der Waals surface area (Å²) < 4.78 is 0. The molecule has 0 spiro atoms. The number of carbonyl (C=O) groups is 1. The van der Waals surface area contributed by atoms with Gasteiger partial charge in [0.25, 0.3) is 0 Å². The van der Waals surface area contributed by atoms with E-state index >= 15 is 0 Å². The smallest absolute Gasteiger partial charge is 0.227 e. The first kappa shape index (κ1) is 19.8. The topological polar surface area (TPSA) is 33.2 Å². The largest absolute Gasteiger partial charge is 0.333 e. The molecule has 0 bridgehead atoms. The zero-order valence-corrected chi connectivity index (χ0v) is 16.9. The third-order valence-electron chi connectivity index (χ3n) is 4.89. The average Bonchev–Trinajstić information content (AvgIpc) is 2.71. The molecule has 3 nitrogen and oxygen atoms in total. The highest BCUT2D eigenvalue weighted by atomic mass is 16.2. The number of nitrogens with zero attached hydrogens (tertiary/aromatic N) is 2. The van der Waals surface area contributed by atoms with Gasteiger partial charge in [0.05, 0.1) is 18.2 Å². The molecule has 3 heteroatoms. The summed E-state index contributed by atoms with van der Waals surface area (Å²) in [5, 5.41) is 0. The number of hydrogen-bond donors (Lipinski definition) is 0. The molecule has 0 aliphatic carbocycles. The van der Waals surface area contributed by atoms with E-state index in [1.165, 1.54) is 5.56 Å². The highest BCUT2D eigenvalue weighted by molar-refractivity contribution is 5.79. The summed E-state index contributed by atoms with van der Waals surface area (Å²) in [6, 6.07) is 24.1. The summed E-state index contributed by atoms with van der Waals surface area (Å²) in [7, 11) is 1.86. The van der Waals surface area contributed by atoms with E-state index in [-0.39, 0.29) is 11.9 Å². The van der Waals surface area contributed by atoms with Crippen molar-refractivity contribution in [3.05, 3.63) is 101 Å². The van der Waals surface area contributed by atoms with Crippen molar-refractivity contribution in [1.82, 2.24) is 9.88 Å². The molecular formula is C25H28N2O. The van der Waals surface area contributed by atoms with E-state index < -0.39 is 0 Å². The lowest BCUT2D eigenvalue weighted by molar-refractivity contribution is -0.130. The number of hydrogen-bond acceptors (Lipinski definition) is 2. The molecule has 1 unspecified atom stereocenters. The van der Waals surface area contributed by atoms with Crippen LogP contribution in [-0.4, -0.2) is 22.8 Å². The third-order valence-corrected chi connectivity index (χ3v) is 4.89. The van der Waals surface area contributed by atoms with Gasteiger partial charge in [-0.3, -0.25) is 9.78 Å². The number of amides is 1. The van der Waals surface area contributed by atoms with Crippen LogP contribution in [0.1, 0.15) is 42.3 Å². The van der Waals surface area contributed by atoms with E-state index in [2.05, 4.69) is 43.1 Å². The molecule has 0 saturated heterocycles. The molecule has 3 rings (SSSR count). The summed E-state index contributed by atoms with van der Waals surface area (Å²) >= 11 is 0. The van der Waals surface area contributed by atoms with Gasteiger partial charge in [0.15, 0.2) is 0 Å². The fourth-order valence-corrected chi connectivity index (χ4v) is 3.47. The molecule has 0 aliphatic heterocycles. The first-order valence-electron chi connectivity index (χ1n) is 9.84. The molecule has 3 aromatic rings. The molecule has 0 aliphatic rings. The molecule has 0 saturated carbocycles. The number of rotatable bonds is 7. The lowest BCUT2D eigenvalue weighted by atomic mass is 9.99. The Hall–Kier alpha value is -2.94. The van der Waals surface area contributed by atoms with Crippen LogP contribution in [0.25, 0.3) is 0 Å². The van der Waals surface area contributed by atoms with Crippen molar-refractivity contribution in [3.8, 4) is 0 Å². The highest BCUT2D eigenvalue weighted by Crippen LogP contribution is 2.26. The monoisotopic (exact) mass is 372 g/mol. The van der Waals surface area contributed by atoms with E-state index in [4.69, 9.17) is 0 Å². The quantitative estimate of drug-likeness (QED) is 0.580. The number of aromatic nitrogens is 1. The van der Waals surface area contributed by atoms with E-state index in [9.17, 15) is 4.79 Å². The van der Waals surface area contributed by atoms with E-state index in [1.54, 1.807) is 11.1 Å². The lowest BCUT2D eigenvalue weighted by Crippen LogP contribution is -2.33. The predicted octanol–water partition coefficient (Wildman–Crippen LogP) is 5.07.